The summed E-state index contributed by atoms with van der Waals surface area (Å²) >= 11 is 24.8. The Morgan fingerprint density at radius 3 is 2.19 bits per heavy atom. The molecule has 0 heterocycles. The molecule has 0 bridgehead atoms. The lowest BCUT2D eigenvalue weighted by Crippen LogP contribution is -2.54. The minimum Gasteiger partial charge on any atom is -0.352 e. The van der Waals surface area contributed by atoms with Crippen molar-refractivity contribution in [2.45, 2.75) is 50.7 Å². The molecular weight excluding hydrogens is 640 g/mol. The van der Waals surface area contributed by atoms with Crippen LogP contribution in [-0.2, 0) is 32.6 Å². The molecule has 4 rings (SSSR count). The second-order valence-corrected chi connectivity index (χ2v) is 13.9. The van der Waals surface area contributed by atoms with Gasteiger partial charge in [0.15, 0.2) is 0 Å². The number of sulfonamides is 1. The first-order valence-corrected chi connectivity index (χ1v) is 16.8. The van der Waals surface area contributed by atoms with Gasteiger partial charge in [0.05, 0.1) is 27.0 Å². The summed E-state index contributed by atoms with van der Waals surface area (Å²) in [5.41, 5.74) is 1.57. The fourth-order valence-corrected chi connectivity index (χ4v) is 6.78. The van der Waals surface area contributed by atoms with Gasteiger partial charge in [-0.25, -0.2) is 8.42 Å². The topological polar surface area (TPSA) is 86.8 Å². The number of nitrogens with one attached hydrogen (secondary N) is 1. The summed E-state index contributed by atoms with van der Waals surface area (Å²) in [5, 5.41) is 4.15. The van der Waals surface area contributed by atoms with Crippen LogP contribution in [0.3, 0.4) is 0 Å². The molecule has 1 atom stereocenters. The van der Waals surface area contributed by atoms with Crippen LogP contribution >= 0.6 is 46.4 Å². The summed E-state index contributed by atoms with van der Waals surface area (Å²) in [5.74, 6) is -0.908. The van der Waals surface area contributed by atoms with E-state index < -0.39 is 28.5 Å². The molecule has 3 aromatic rings. The van der Waals surface area contributed by atoms with Gasteiger partial charge in [0.1, 0.15) is 12.6 Å². The Morgan fingerprint density at radius 1 is 0.881 bits per heavy atom. The van der Waals surface area contributed by atoms with Crippen LogP contribution < -0.4 is 9.62 Å². The average Bonchev–Trinajstić information content (AvgIpc) is 3.44. The number of benzene rings is 3. The SMILES string of the molecule is CS(=O)(=O)N(CC(=O)N(Cc1ccc(Cl)c(Cl)c1)C(Cc1ccccc1)C(=O)NC1CCCC1)c1ccc(Cl)cc1Cl. The van der Waals surface area contributed by atoms with Crippen molar-refractivity contribution in [2.24, 2.45) is 0 Å². The molecule has 2 amide bonds. The van der Waals surface area contributed by atoms with Crippen molar-refractivity contribution in [2.75, 3.05) is 17.1 Å². The molecule has 1 N–H and O–H groups in total. The van der Waals surface area contributed by atoms with Crippen LogP contribution in [-0.4, -0.2) is 50.0 Å². The number of hydrogen-bond donors (Lipinski definition) is 1. The largest absolute Gasteiger partial charge is 0.352 e. The highest BCUT2D eigenvalue weighted by Gasteiger charge is 2.34. The van der Waals surface area contributed by atoms with Gasteiger partial charge in [-0.15, -0.1) is 0 Å². The van der Waals surface area contributed by atoms with Gasteiger partial charge in [-0.2, -0.15) is 0 Å². The lowest BCUT2D eigenvalue weighted by atomic mass is 10.0. The molecule has 1 aliphatic rings. The third-order valence-corrected chi connectivity index (χ3v) is 9.57. The van der Waals surface area contributed by atoms with Gasteiger partial charge >= 0.3 is 0 Å². The quantitative estimate of drug-likeness (QED) is 0.244. The summed E-state index contributed by atoms with van der Waals surface area (Å²) < 4.78 is 26.8. The van der Waals surface area contributed by atoms with Gasteiger partial charge in [-0.3, -0.25) is 13.9 Å². The molecule has 1 aliphatic carbocycles. The maximum atomic E-state index is 14.2. The second kappa shape index (κ2) is 14.3. The number of halogens is 4. The Bertz CT molecular complexity index is 1530. The van der Waals surface area contributed by atoms with E-state index in [2.05, 4.69) is 5.32 Å². The zero-order valence-electron chi connectivity index (χ0n) is 22.9. The van der Waals surface area contributed by atoms with Gasteiger partial charge in [-0.1, -0.05) is 95.6 Å². The summed E-state index contributed by atoms with van der Waals surface area (Å²) in [4.78, 5) is 29.5. The van der Waals surface area contributed by atoms with Crippen molar-refractivity contribution in [3.05, 3.63) is 97.9 Å². The Hall–Kier alpha value is -2.49. The number of rotatable bonds is 11. The third kappa shape index (κ3) is 8.54. The third-order valence-electron chi connectivity index (χ3n) is 7.17. The lowest BCUT2D eigenvalue weighted by molar-refractivity contribution is -0.140. The van der Waals surface area contributed by atoms with Crippen molar-refractivity contribution < 1.29 is 18.0 Å². The van der Waals surface area contributed by atoms with E-state index in [1.807, 2.05) is 30.3 Å². The zero-order valence-corrected chi connectivity index (χ0v) is 26.7. The summed E-state index contributed by atoms with van der Waals surface area (Å²) in [6, 6.07) is 17.7. The van der Waals surface area contributed by atoms with Crippen LogP contribution in [0.4, 0.5) is 5.69 Å². The minimum atomic E-state index is -3.97. The molecule has 12 heteroatoms. The molecule has 42 heavy (non-hydrogen) atoms. The Balaban J connectivity index is 1.75. The molecule has 0 aliphatic heterocycles. The standard InChI is InChI=1S/C30H31Cl4N3O4S/c1-42(40,41)37(27-14-12-22(31)17-26(27)34)19-29(38)36(18-21-11-13-24(32)25(33)15-21)28(16-20-7-3-2-4-8-20)30(39)35-23-9-5-6-10-23/h2-4,7-8,11-15,17,23,28H,5-6,9-10,16,18-19H2,1H3,(H,35,39). The van der Waals surface area contributed by atoms with Crippen LogP contribution in [0.1, 0.15) is 36.8 Å². The van der Waals surface area contributed by atoms with Crippen LogP contribution in [0.2, 0.25) is 20.1 Å². The molecule has 224 valence electrons. The van der Waals surface area contributed by atoms with Crippen LogP contribution in [0, 0.1) is 0 Å². The van der Waals surface area contributed by atoms with Crippen molar-refractivity contribution in [3.8, 4) is 0 Å². The number of hydrogen-bond acceptors (Lipinski definition) is 4. The highest BCUT2D eigenvalue weighted by Crippen LogP contribution is 2.31. The van der Waals surface area contributed by atoms with Gasteiger partial charge in [0.25, 0.3) is 0 Å². The van der Waals surface area contributed by atoms with E-state index in [0.717, 1.165) is 41.8 Å². The van der Waals surface area contributed by atoms with Crippen LogP contribution in [0.5, 0.6) is 0 Å². The van der Waals surface area contributed by atoms with Crippen molar-refractivity contribution >= 4 is 73.9 Å². The molecule has 0 aromatic heterocycles. The lowest BCUT2D eigenvalue weighted by Gasteiger charge is -2.34. The first-order chi connectivity index (χ1) is 19.9. The maximum absolute atomic E-state index is 14.2. The molecular formula is C30H31Cl4N3O4S. The van der Waals surface area contributed by atoms with E-state index in [-0.39, 0.29) is 35.6 Å². The normalized spacial score (nSPS) is 14.4. The van der Waals surface area contributed by atoms with Gasteiger partial charge in [0, 0.05) is 24.0 Å². The van der Waals surface area contributed by atoms with Crippen molar-refractivity contribution in [3.63, 3.8) is 0 Å². The Morgan fingerprint density at radius 2 is 1.57 bits per heavy atom. The van der Waals surface area contributed by atoms with E-state index in [1.165, 1.54) is 23.1 Å². The fraction of sp³-hybridized carbons (Fsp3) is 0.333. The average molecular weight is 671 g/mol. The van der Waals surface area contributed by atoms with Crippen LogP contribution in [0.15, 0.2) is 66.7 Å². The minimum absolute atomic E-state index is 0.0121. The molecule has 0 spiro atoms. The first-order valence-electron chi connectivity index (χ1n) is 13.4. The molecule has 0 saturated heterocycles. The fourth-order valence-electron chi connectivity index (χ4n) is 5.03. The van der Waals surface area contributed by atoms with E-state index in [0.29, 0.717) is 20.6 Å². The summed E-state index contributed by atoms with van der Waals surface area (Å²) in [6.07, 6.45) is 4.97. The number of carbonyl (C=O) groups excluding carboxylic acids is 2. The highest BCUT2D eigenvalue weighted by molar-refractivity contribution is 7.92. The zero-order chi connectivity index (χ0) is 30.4. The number of carbonyl (C=O) groups is 2. The molecule has 0 radical (unpaired) electrons. The monoisotopic (exact) mass is 669 g/mol. The van der Waals surface area contributed by atoms with E-state index in [4.69, 9.17) is 46.4 Å². The van der Waals surface area contributed by atoms with E-state index >= 15 is 0 Å². The number of amides is 2. The van der Waals surface area contributed by atoms with Gasteiger partial charge < -0.3 is 10.2 Å². The van der Waals surface area contributed by atoms with Crippen molar-refractivity contribution in [1.82, 2.24) is 10.2 Å². The van der Waals surface area contributed by atoms with Gasteiger partial charge in [-0.05, 0) is 54.3 Å². The first kappa shape index (κ1) is 32.4. The molecule has 1 unspecified atom stereocenters. The van der Waals surface area contributed by atoms with E-state index in [1.54, 1.807) is 18.2 Å². The predicted molar refractivity (Wildman–Crippen MR) is 170 cm³/mol. The Labute approximate surface area is 266 Å². The Kier molecular flexibility index (Phi) is 11.1. The van der Waals surface area contributed by atoms with Crippen LogP contribution in [0.25, 0.3) is 0 Å². The summed E-state index contributed by atoms with van der Waals surface area (Å²) in [7, 11) is -3.97. The maximum Gasteiger partial charge on any atom is 0.244 e. The number of nitrogens with zero attached hydrogens (tertiary/aromatic N) is 2. The number of anilines is 1. The molecule has 1 fully saturated rings. The molecule has 1 saturated carbocycles. The van der Waals surface area contributed by atoms with E-state index in [9.17, 15) is 18.0 Å². The second-order valence-electron chi connectivity index (χ2n) is 10.3. The predicted octanol–water partition coefficient (Wildman–Crippen LogP) is 6.77. The summed E-state index contributed by atoms with van der Waals surface area (Å²) in [6.45, 7) is -0.610. The smallest absolute Gasteiger partial charge is 0.244 e. The van der Waals surface area contributed by atoms with Crippen molar-refractivity contribution in [1.29, 1.82) is 0 Å². The molecule has 3 aromatic carbocycles. The molecule has 7 nitrogen and oxygen atoms in total. The highest BCUT2D eigenvalue weighted by atomic mass is 35.5. The van der Waals surface area contributed by atoms with Gasteiger partial charge in [0.2, 0.25) is 21.8 Å².